The Morgan fingerprint density at radius 1 is 0.638 bits per heavy atom. The van der Waals surface area contributed by atoms with Crippen molar-refractivity contribution in [3.05, 3.63) is 82.6 Å². The van der Waals surface area contributed by atoms with Crippen LogP contribution in [0, 0.1) is 13.8 Å². The average molecular weight is 952 g/mol. The molecular formula is C48H61N11O10. The van der Waals surface area contributed by atoms with Gasteiger partial charge < -0.3 is 63.0 Å². The van der Waals surface area contributed by atoms with Gasteiger partial charge in [0.2, 0.25) is 35.4 Å². The molecule has 0 unspecified atom stereocenters. The number of ether oxygens (including phenoxy) is 6. The van der Waals surface area contributed by atoms with E-state index in [0.29, 0.717) is 23.4 Å². The maximum atomic E-state index is 12.9. The molecule has 368 valence electrons. The number of likely N-dealkylation sites (tertiary alicyclic amines) is 1. The number of aromatic nitrogens is 6. The Morgan fingerprint density at radius 2 is 1.03 bits per heavy atom. The molecule has 1 aliphatic rings. The number of hydrogen-bond donors (Lipinski definition) is 3. The molecule has 21 nitrogen and oxygen atoms in total. The summed E-state index contributed by atoms with van der Waals surface area (Å²) in [7, 11) is 11.4. The van der Waals surface area contributed by atoms with Crippen molar-refractivity contribution in [2.75, 3.05) is 83.5 Å². The fraction of sp³-hybridized carbons (Fsp3) is 0.417. The van der Waals surface area contributed by atoms with Crippen LogP contribution < -0.4 is 49.3 Å². The molecule has 1 saturated heterocycles. The van der Waals surface area contributed by atoms with E-state index in [1.807, 2.05) is 45.2 Å². The van der Waals surface area contributed by atoms with E-state index < -0.39 is 11.8 Å². The predicted octanol–water partition coefficient (Wildman–Crippen LogP) is 8.06. The van der Waals surface area contributed by atoms with Crippen molar-refractivity contribution in [1.82, 2.24) is 34.8 Å². The summed E-state index contributed by atoms with van der Waals surface area (Å²) in [5, 5.41) is 8.61. The highest BCUT2D eigenvalue weighted by Gasteiger charge is 2.28. The van der Waals surface area contributed by atoms with Crippen LogP contribution in [-0.2, 0) is 10.8 Å². The molecule has 0 radical (unpaired) electrons. The van der Waals surface area contributed by atoms with Crippen LogP contribution in [0.1, 0.15) is 84.8 Å². The second-order valence-electron chi connectivity index (χ2n) is 18.4. The zero-order valence-corrected chi connectivity index (χ0v) is 41.8. The van der Waals surface area contributed by atoms with Gasteiger partial charge in [0.05, 0.1) is 34.5 Å². The Balaban J connectivity index is 0.000000228. The van der Waals surface area contributed by atoms with Gasteiger partial charge in [0.1, 0.15) is 24.0 Å². The van der Waals surface area contributed by atoms with Gasteiger partial charge in [-0.1, -0.05) is 65.8 Å². The lowest BCUT2D eigenvalue weighted by Gasteiger charge is -2.36. The lowest BCUT2D eigenvalue weighted by atomic mass is 9.86. The molecule has 5 heterocycles. The van der Waals surface area contributed by atoms with E-state index >= 15 is 0 Å². The zero-order valence-electron chi connectivity index (χ0n) is 41.8. The molecule has 1 aliphatic heterocycles. The van der Waals surface area contributed by atoms with E-state index in [4.69, 9.17) is 37.3 Å². The lowest BCUT2D eigenvalue weighted by Crippen LogP contribution is -2.52. The summed E-state index contributed by atoms with van der Waals surface area (Å²) < 4.78 is 43.9. The van der Waals surface area contributed by atoms with Crippen LogP contribution in [0.4, 0.5) is 23.3 Å². The number of rotatable bonds is 15. The molecule has 0 spiro atoms. The second kappa shape index (κ2) is 21.1. The quantitative estimate of drug-likeness (QED) is 0.0882. The molecule has 3 N–H and O–H groups in total. The Bertz CT molecular complexity index is 2720. The number of amides is 2. The van der Waals surface area contributed by atoms with Gasteiger partial charge >= 0.3 is 12.2 Å². The number of anilines is 4. The predicted molar refractivity (Wildman–Crippen MR) is 258 cm³/mol. The van der Waals surface area contributed by atoms with E-state index in [1.54, 1.807) is 19.0 Å². The molecule has 0 saturated carbocycles. The van der Waals surface area contributed by atoms with E-state index in [0.717, 1.165) is 35.3 Å². The molecule has 2 aromatic carbocycles. The van der Waals surface area contributed by atoms with Crippen LogP contribution in [0.25, 0.3) is 0 Å². The van der Waals surface area contributed by atoms with Crippen LogP contribution in [0.2, 0.25) is 0 Å². The summed E-state index contributed by atoms with van der Waals surface area (Å²) in [6, 6.07) is 12.2. The first-order chi connectivity index (χ1) is 32.6. The Labute approximate surface area is 401 Å². The van der Waals surface area contributed by atoms with E-state index in [2.05, 4.69) is 104 Å². The van der Waals surface area contributed by atoms with Crippen LogP contribution >= 0.6 is 0 Å². The number of aryl methyl sites for hydroxylation is 2. The largest absolute Gasteiger partial charge is 0.479 e. The van der Waals surface area contributed by atoms with Gasteiger partial charge in [-0.3, -0.25) is 9.59 Å². The molecule has 0 aliphatic carbocycles. The SMILES string of the molecule is COc1nc(N(C)C)nc(OC)c1NC(=O)c1coc(Oc2cc(C(C)(C)C)ccc2C)n1.COc1nc(NC2CN(C)C2)nc(OC)c1NC(=O)c1coc(Oc2cc(C(C)(C)C)ccc2C)n1. The molecule has 21 heteroatoms. The normalized spacial score (nSPS) is 12.7. The second-order valence-corrected chi connectivity index (χ2v) is 18.4. The molecule has 69 heavy (non-hydrogen) atoms. The molecule has 0 bridgehead atoms. The summed E-state index contributed by atoms with van der Waals surface area (Å²) >= 11 is 0. The number of benzene rings is 2. The van der Waals surface area contributed by atoms with E-state index in [1.165, 1.54) is 41.0 Å². The number of nitrogens with zero attached hydrogens (tertiary/aromatic N) is 8. The highest BCUT2D eigenvalue weighted by molar-refractivity contribution is 6.05. The smallest absolute Gasteiger partial charge is 0.399 e. The third-order valence-electron chi connectivity index (χ3n) is 10.7. The highest BCUT2D eigenvalue weighted by atomic mass is 16.6. The van der Waals surface area contributed by atoms with Gasteiger partial charge in [-0.25, -0.2) is 0 Å². The molecule has 0 atom stereocenters. The van der Waals surface area contributed by atoms with Crippen molar-refractivity contribution in [2.24, 2.45) is 0 Å². The van der Waals surface area contributed by atoms with Crippen LogP contribution in [0.3, 0.4) is 0 Å². The van der Waals surface area contributed by atoms with Crippen molar-refractivity contribution >= 4 is 35.1 Å². The third kappa shape index (κ3) is 12.5. The first-order valence-electron chi connectivity index (χ1n) is 21.8. The minimum atomic E-state index is -0.563. The van der Waals surface area contributed by atoms with Gasteiger partial charge in [0.25, 0.3) is 11.8 Å². The number of nitrogens with one attached hydrogen (secondary N) is 3. The third-order valence-corrected chi connectivity index (χ3v) is 10.7. The number of carbonyl (C=O) groups is 2. The van der Waals surface area contributed by atoms with Crippen LogP contribution in [0.5, 0.6) is 47.2 Å². The Morgan fingerprint density at radius 3 is 1.38 bits per heavy atom. The van der Waals surface area contributed by atoms with Crippen molar-refractivity contribution in [3.63, 3.8) is 0 Å². The molecular weight excluding hydrogens is 891 g/mol. The number of hydrogen-bond acceptors (Lipinski definition) is 19. The van der Waals surface area contributed by atoms with E-state index in [9.17, 15) is 9.59 Å². The summed E-state index contributed by atoms with van der Waals surface area (Å²) in [4.78, 5) is 55.2. The highest BCUT2D eigenvalue weighted by Crippen LogP contribution is 2.37. The zero-order chi connectivity index (χ0) is 50.4. The minimum Gasteiger partial charge on any atom is -0.479 e. The van der Waals surface area contributed by atoms with Gasteiger partial charge in [-0.15, -0.1) is 0 Å². The van der Waals surface area contributed by atoms with Gasteiger partial charge in [0.15, 0.2) is 22.8 Å². The van der Waals surface area contributed by atoms with Gasteiger partial charge in [0, 0.05) is 27.2 Å². The minimum absolute atomic E-state index is 0.00965. The van der Waals surface area contributed by atoms with Gasteiger partial charge in [-0.05, 0) is 66.1 Å². The van der Waals surface area contributed by atoms with E-state index in [-0.39, 0.29) is 75.3 Å². The summed E-state index contributed by atoms with van der Waals surface area (Å²) in [6.07, 6.45) is 2.33. The molecule has 6 aromatic rings. The first-order valence-corrected chi connectivity index (χ1v) is 21.8. The Kier molecular flexibility index (Phi) is 15.5. The summed E-state index contributed by atoms with van der Waals surface area (Å²) in [6.45, 7) is 18.3. The van der Waals surface area contributed by atoms with Crippen molar-refractivity contribution in [1.29, 1.82) is 0 Å². The summed E-state index contributed by atoms with van der Waals surface area (Å²) in [5.41, 5.74) is 4.33. The topological polar surface area (TPSA) is 236 Å². The van der Waals surface area contributed by atoms with Crippen molar-refractivity contribution < 1.29 is 46.8 Å². The lowest BCUT2D eigenvalue weighted by molar-refractivity contribution is 0.101. The number of carbonyl (C=O) groups excluding carboxylic acids is 2. The van der Waals surface area contributed by atoms with Gasteiger partial charge in [-0.2, -0.15) is 29.9 Å². The molecule has 1 fully saturated rings. The summed E-state index contributed by atoms with van der Waals surface area (Å²) in [5.74, 6) is 1.40. The monoisotopic (exact) mass is 951 g/mol. The first kappa shape index (κ1) is 50.7. The standard InChI is InChI=1S/C25H32N6O5.C23H29N5O5/c1-14-8-9-15(25(2,3)4)10-18(14)36-24-27-17(13-35-24)20(32)28-19-21(33-6)29-23(30-22(19)34-7)26-16-11-31(5)12-16;1-13-9-10-14(23(2,3)4)11-16(13)33-22-24-15(12-32-22)18(29)25-17-19(30-7)26-21(28(5)6)27-20(17)31-8/h8-10,13,16H,11-12H2,1-7H3,(H,28,32)(H,26,29,30);9-12H,1-8H3,(H,25,29). The number of oxazole rings is 2. The molecule has 4 aromatic heterocycles. The van der Waals surface area contributed by atoms with Crippen molar-refractivity contribution in [3.8, 4) is 47.2 Å². The molecule has 7 rings (SSSR count). The maximum Gasteiger partial charge on any atom is 0.399 e. The van der Waals surface area contributed by atoms with Crippen molar-refractivity contribution in [2.45, 2.75) is 72.3 Å². The van der Waals surface area contributed by atoms with Crippen LogP contribution in [-0.4, -0.2) is 115 Å². The number of methoxy groups -OCH3 is 4. The Hall–Kier alpha value is -7.68. The molecule has 2 amide bonds. The fourth-order valence-corrected chi connectivity index (χ4v) is 6.59. The average Bonchev–Trinajstić information content (AvgIpc) is 3.97. The van der Waals surface area contributed by atoms with Crippen LogP contribution in [0.15, 0.2) is 57.8 Å². The fourth-order valence-electron chi connectivity index (χ4n) is 6.59. The number of likely N-dealkylation sites (N-methyl/N-ethyl adjacent to an activating group) is 1. The maximum absolute atomic E-state index is 12.9.